The summed E-state index contributed by atoms with van der Waals surface area (Å²) in [4.78, 5) is 9.98. The Morgan fingerprint density at radius 3 is 2.73 bits per heavy atom. The molecule has 0 saturated carbocycles. The molecule has 0 aromatic rings. The lowest BCUT2D eigenvalue weighted by Crippen LogP contribution is -1.87. The molecule has 1 aliphatic carbocycles. The number of rotatable bonds is 2. The summed E-state index contributed by atoms with van der Waals surface area (Å²) >= 11 is 0. The molecule has 0 atom stereocenters. The van der Waals surface area contributed by atoms with Crippen LogP contribution >= 0.6 is 0 Å². The number of hydrogen-bond donors (Lipinski definition) is 0. The van der Waals surface area contributed by atoms with Gasteiger partial charge in [0.2, 0.25) is 0 Å². The first-order chi connectivity index (χ1) is 5.33. The molecule has 1 heteroatoms. The van der Waals surface area contributed by atoms with Crippen LogP contribution in [-0.2, 0) is 4.79 Å². The Kier molecular flexibility index (Phi) is 2.84. The fourth-order valence-corrected chi connectivity index (χ4v) is 1.06. The molecular formula is C10H12O. The molecule has 0 N–H and O–H groups in total. The molecule has 0 bridgehead atoms. The second kappa shape index (κ2) is 3.91. The SMILES string of the molecule is CC1=CC=C(/C=C/C=O)CC1. The summed E-state index contributed by atoms with van der Waals surface area (Å²) in [6, 6.07) is 0. The Bertz CT molecular complexity index is 231. The quantitative estimate of drug-likeness (QED) is 0.434. The lowest BCUT2D eigenvalue weighted by atomic mass is 9.99. The number of carbonyl (C=O) groups is 1. The van der Waals surface area contributed by atoms with Crippen molar-refractivity contribution in [2.24, 2.45) is 0 Å². The summed E-state index contributed by atoms with van der Waals surface area (Å²) in [6.07, 6.45) is 10.6. The largest absolute Gasteiger partial charge is 0.299 e. The van der Waals surface area contributed by atoms with Crippen molar-refractivity contribution < 1.29 is 4.79 Å². The third-order valence-electron chi connectivity index (χ3n) is 1.78. The summed E-state index contributed by atoms with van der Waals surface area (Å²) in [7, 11) is 0. The molecule has 58 valence electrons. The van der Waals surface area contributed by atoms with Gasteiger partial charge < -0.3 is 0 Å². The standard InChI is InChI=1S/C10H12O/c1-9-4-6-10(7-5-9)3-2-8-11/h2-4,6,8H,5,7H2,1H3/b3-2+. The van der Waals surface area contributed by atoms with Gasteiger partial charge in [-0.1, -0.05) is 23.8 Å². The lowest BCUT2D eigenvalue weighted by Gasteiger charge is -2.06. The normalized spacial score (nSPS) is 17.9. The van der Waals surface area contributed by atoms with Crippen LogP contribution in [0.25, 0.3) is 0 Å². The van der Waals surface area contributed by atoms with Crippen molar-refractivity contribution in [3.05, 3.63) is 35.5 Å². The van der Waals surface area contributed by atoms with Gasteiger partial charge in [-0.05, 0) is 31.4 Å². The summed E-state index contributed by atoms with van der Waals surface area (Å²) in [6.45, 7) is 2.12. The van der Waals surface area contributed by atoms with E-state index in [-0.39, 0.29) is 0 Å². The van der Waals surface area contributed by atoms with Crippen LogP contribution in [-0.4, -0.2) is 6.29 Å². The molecule has 0 spiro atoms. The highest BCUT2D eigenvalue weighted by molar-refractivity contribution is 5.65. The van der Waals surface area contributed by atoms with Crippen LogP contribution < -0.4 is 0 Å². The number of hydrogen-bond acceptors (Lipinski definition) is 1. The maximum Gasteiger partial charge on any atom is 0.142 e. The Morgan fingerprint density at radius 1 is 1.36 bits per heavy atom. The van der Waals surface area contributed by atoms with Crippen molar-refractivity contribution in [1.82, 2.24) is 0 Å². The molecule has 0 heterocycles. The Balaban J connectivity index is 2.61. The molecule has 1 nitrogen and oxygen atoms in total. The highest BCUT2D eigenvalue weighted by Crippen LogP contribution is 2.17. The predicted molar refractivity (Wildman–Crippen MR) is 46.3 cm³/mol. The molecular weight excluding hydrogens is 136 g/mol. The first kappa shape index (κ1) is 7.99. The van der Waals surface area contributed by atoms with Gasteiger partial charge in [-0.25, -0.2) is 0 Å². The summed E-state index contributed by atoms with van der Waals surface area (Å²) in [5.74, 6) is 0. The van der Waals surface area contributed by atoms with E-state index in [1.807, 2.05) is 6.08 Å². The number of aldehydes is 1. The second-order valence-corrected chi connectivity index (χ2v) is 2.75. The molecule has 0 radical (unpaired) electrons. The summed E-state index contributed by atoms with van der Waals surface area (Å²) in [5, 5.41) is 0. The van der Waals surface area contributed by atoms with Gasteiger partial charge in [0.15, 0.2) is 0 Å². The molecule has 0 amide bonds. The van der Waals surface area contributed by atoms with Gasteiger partial charge in [-0.3, -0.25) is 4.79 Å². The van der Waals surface area contributed by atoms with Crippen LogP contribution in [0.3, 0.4) is 0 Å². The second-order valence-electron chi connectivity index (χ2n) is 2.75. The van der Waals surface area contributed by atoms with Crippen molar-refractivity contribution in [3.63, 3.8) is 0 Å². The third-order valence-corrected chi connectivity index (χ3v) is 1.78. The zero-order valence-electron chi connectivity index (χ0n) is 6.71. The molecule has 0 saturated heterocycles. The van der Waals surface area contributed by atoms with Gasteiger partial charge in [0, 0.05) is 0 Å². The molecule has 0 fully saturated rings. The van der Waals surface area contributed by atoms with Gasteiger partial charge in [0.05, 0.1) is 0 Å². The smallest absolute Gasteiger partial charge is 0.142 e. The number of carbonyl (C=O) groups excluding carboxylic acids is 1. The topological polar surface area (TPSA) is 17.1 Å². The van der Waals surface area contributed by atoms with E-state index >= 15 is 0 Å². The molecule has 0 aromatic heterocycles. The molecule has 0 unspecified atom stereocenters. The van der Waals surface area contributed by atoms with Crippen molar-refractivity contribution in [1.29, 1.82) is 0 Å². The van der Waals surface area contributed by atoms with E-state index in [0.717, 1.165) is 19.1 Å². The van der Waals surface area contributed by atoms with Gasteiger partial charge in [-0.15, -0.1) is 0 Å². The molecule has 1 rings (SSSR count). The van der Waals surface area contributed by atoms with Crippen LogP contribution in [0.1, 0.15) is 19.8 Å². The Labute approximate surface area is 67.1 Å². The Morgan fingerprint density at radius 2 is 2.18 bits per heavy atom. The Hall–Kier alpha value is -1.11. The maximum atomic E-state index is 9.98. The molecule has 1 aliphatic rings. The minimum Gasteiger partial charge on any atom is -0.299 e. The van der Waals surface area contributed by atoms with Crippen LogP contribution in [0, 0.1) is 0 Å². The van der Waals surface area contributed by atoms with Crippen LogP contribution in [0.15, 0.2) is 35.5 Å². The average molecular weight is 148 g/mol. The van der Waals surface area contributed by atoms with Crippen LogP contribution in [0.4, 0.5) is 0 Å². The summed E-state index contributed by atoms with van der Waals surface area (Å²) < 4.78 is 0. The van der Waals surface area contributed by atoms with E-state index in [4.69, 9.17) is 0 Å². The first-order valence-corrected chi connectivity index (χ1v) is 3.81. The fourth-order valence-electron chi connectivity index (χ4n) is 1.06. The van der Waals surface area contributed by atoms with Gasteiger partial charge >= 0.3 is 0 Å². The van der Waals surface area contributed by atoms with E-state index < -0.39 is 0 Å². The minimum atomic E-state index is 0.812. The van der Waals surface area contributed by atoms with E-state index in [1.165, 1.54) is 11.1 Å². The monoisotopic (exact) mass is 148 g/mol. The van der Waals surface area contributed by atoms with E-state index in [2.05, 4.69) is 19.1 Å². The van der Waals surface area contributed by atoms with Gasteiger partial charge in [0.1, 0.15) is 6.29 Å². The van der Waals surface area contributed by atoms with Crippen molar-refractivity contribution in [2.75, 3.05) is 0 Å². The third kappa shape index (κ3) is 2.54. The van der Waals surface area contributed by atoms with E-state index in [0.29, 0.717) is 0 Å². The van der Waals surface area contributed by atoms with Crippen LogP contribution in [0.2, 0.25) is 0 Å². The van der Waals surface area contributed by atoms with E-state index in [9.17, 15) is 4.79 Å². The lowest BCUT2D eigenvalue weighted by molar-refractivity contribution is -0.104. The minimum absolute atomic E-state index is 0.812. The average Bonchev–Trinajstić information content (AvgIpc) is 2.04. The number of allylic oxidation sites excluding steroid dienone is 6. The van der Waals surface area contributed by atoms with Gasteiger partial charge in [-0.2, -0.15) is 0 Å². The van der Waals surface area contributed by atoms with Crippen LogP contribution in [0.5, 0.6) is 0 Å². The zero-order valence-corrected chi connectivity index (χ0v) is 6.71. The summed E-state index contributed by atoms with van der Waals surface area (Å²) in [5.41, 5.74) is 2.65. The predicted octanol–water partition coefficient (Wildman–Crippen LogP) is 2.41. The van der Waals surface area contributed by atoms with E-state index in [1.54, 1.807) is 6.08 Å². The molecule has 11 heavy (non-hydrogen) atoms. The molecule has 0 aromatic carbocycles. The fraction of sp³-hybridized carbons (Fsp3) is 0.300. The van der Waals surface area contributed by atoms with Gasteiger partial charge in [0.25, 0.3) is 0 Å². The van der Waals surface area contributed by atoms with Crippen molar-refractivity contribution in [3.8, 4) is 0 Å². The van der Waals surface area contributed by atoms with Crippen molar-refractivity contribution in [2.45, 2.75) is 19.8 Å². The zero-order chi connectivity index (χ0) is 8.10. The molecule has 0 aliphatic heterocycles. The first-order valence-electron chi connectivity index (χ1n) is 3.81. The van der Waals surface area contributed by atoms with Crippen molar-refractivity contribution >= 4 is 6.29 Å². The highest BCUT2D eigenvalue weighted by Gasteiger charge is 1.98. The highest BCUT2D eigenvalue weighted by atomic mass is 16.1. The maximum absolute atomic E-state index is 9.98.